The summed E-state index contributed by atoms with van der Waals surface area (Å²) in [6.45, 7) is 0. The number of nitriles is 1. The first kappa shape index (κ1) is 15.7. The predicted octanol–water partition coefficient (Wildman–Crippen LogP) is 4.84. The smallest absolute Gasteiger partial charge is 0.255 e. The second-order valence-electron chi connectivity index (χ2n) is 4.11. The molecule has 0 saturated heterocycles. The van der Waals surface area contributed by atoms with E-state index in [2.05, 4.69) is 5.32 Å². The summed E-state index contributed by atoms with van der Waals surface area (Å²) < 4.78 is 0. The quantitative estimate of drug-likeness (QED) is 0.816. The molecule has 0 aliphatic heterocycles. The Kier molecular flexibility index (Phi) is 5.13. The number of nitrogens with zero attached hydrogens (tertiary/aromatic N) is 1. The summed E-state index contributed by atoms with van der Waals surface area (Å²) in [6.07, 6.45) is 1.90. The molecule has 0 heterocycles. The van der Waals surface area contributed by atoms with Crippen LogP contribution in [0.2, 0.25) is 10.0 Å². The van der Waals surface area contributed by atoms with E-state index < -0.39 is 0 Å². The molecule has 0 spiro atoms. The van der Waals surface area contributed by atoms with Crippen molar-refractivity contribution in [2.24, 2.45) is 0 Å². The SMILES string of the molecule is CSc1ccc(C#N)cc1NC(=O)c1ccc(Cl)c(Cl)c1. The van der Waals surface area contributed by atoms with Crippen LogP contribution in [0.3, 0.4) is 0 Å². The Balaban J connectivity index is 2.30. The lowest BCUT2D eigenvalue weighted by Gasteiger charge is -2.10. The zero-order valence-electron chi connectivity index (χ0n) is 11.0. The molecule has 0 aliphatic rings. The minimum absolute atomic E-state index is 0.307. The van der Waals surface area contributed by atoms with Crippen molar-refractivity contribution in [1.29, 1.82) is 5.26 Å². The van der Waals surface area contributed by atoms with Gasteiger partial charge in [0.1, 0.15) is 0 Å². The monoisotopic (exact) mass is 336 g/mol. The first-order chi connectivity index (χ1) is 10.0. The van der Waals surface area contributed by atoms with E-state index in [1.807, 2.05) is 12.3 Å². The molecule has 0 unspecified atom stereocenters. The van der Waals surface area contributed by atoms with Gasteiger partial charge in [-0.3, -0.25) is 4.79 Å². The average molecular weight is 337 g/mol. The Morgan fingerprint density at radius 1 is 1.19 bits per heavy atom. The molecule has 21 heavy (non-hydrogen) atoms. The summed E-state index contributed by atoms with van der Waals surface area (Å²) in [6, 6.07) is 11.9. The van der Waals surface area contributed by atoms with Gasteiger partial charge in [0.25, 0.3) is 5.91 Å². The van der Waals surface area contributed by atoms with E-state index >= 15 is 0 Å². The Morgan fingerprint density at radius 3 is 2.57 bits per heavy atom. The molecular weight excluding hydrogens is 327 g/mol. The van der Waals surface area contributed by atoms with Gasteiger partial charge in [-0.15, -0.1) is 11.8 Å². The number of halogens is 2. The highest BCUT2D eigenvalue weighted by molar-refractivity contribution is 7.98. The molecule has 1 N–H and O–H groups in total. The largest absolute Gasteiger partial charge is 0.321 e. The summed E-state index contributed by atoms with van der Waals surface area (Å²) >= 11 is 13.2. The number of amides is 1. The molecule has 0 atom stereocenters. The molecule has 0 saturated carbocycles. The number of hydrogen-bond donors (Lipinski definition) is 1. The van der Waals surface area contributed by atoms with Crippen LogP contribution in [-0.2, 0) is 0 Å². The topological polar surface area (TPSA) is 52.9 Å². The summed E-state index contributed by atoms with van der Waals surface area (Å²) in [5.74, 6) is -0.307. The standard InChI is InChI=1S/C15H10Cl2N2OS/c1-21-14-5-2-9(8-18)6-13(14)19-15(20)10-3-4-11(16)12(17)7-10/h2-7H,1H3,(H,19,20). The zero-order chi connectivity index (χ0) is 15.4. The Morgan fingerprint density at radius 2 is 1.95 bits per heavy atom. The van der Waals surface area contributed by atoms with Crippen LogP contribution in [-0.4, -0.2) is 12.2 Å². The molecule has 3 nitrogen and oxygen atoms in total. The van der Waals surface area contributed by atoms with E-state index in [4.69, 9.17) is 28.5 Å². The van der Waals surface area contributed by atoms with Gasteiger partial charge in [-0.25, -0.2) is 0 Å². The zero-order valence-corrected chi connectivity index (χ0v) is 13.3. The fourth-order valence-electron chi connectivity index (χ4n) is 1.71. The van der Waals surface area contributed by atoms with Gasteiger partial charge in [-0.2, -0.15) is 5.26 Å². The fraction of sp³-hybridized carbons (Fsp3) is 0.0667. The molecule has 0 aliphatic carbocycles. The van der Waals surface area contributed by atoms with Crippen LogP contribution in [0.5, 0.6) is 0 Å². The van der Waals surface area contributed by atoms with Crippen LogP contribution >= 0.6 is 35.0 Å². The Labute approximate surface area is 136 Å². The molecule has 2 aromatic rings. The van der Waals surface area contributed by atoms with E-state index in [0.29, 0.717) is 26.9 Å². The third-order valence-corrected chi connectivity index (χ3v) is 4.29. The molecule has 1 amide bonds. The van der Waals surface area contributed by atoms with Crippen molar-refractivity contribution in [3.05, 3.63) is 57.6 Å². The van der Waals surface area contributed by atoms with E-state index in [0.717, 1.165) is 4.90 Å². The third-order valence-electron chi connectivity index (χ3n) is 2.76. The highest BCUT2D eigenvalue weighted by Crippen LogP contribution is 2.28. The van der Waals surface area contributed by atoms with Gasteiger partial charge in [0.05, 0.1) is 27.4 Å². The lowest BCUT2D eigenvalue weighted by molar-refractivity contribution is 0.102. The number of hydrogen-bond acceptors (Lipinski definition) is 3. The van der Waals surface area contributed by atoms with Gasteiger partial charge < -0.3 is 5.32 Å². The normalized spacial score (nSPS) is 10.0. The van der Waals surface area contributed by atoms with Crippen molar-refractivity contribution < 1.29 is 4.79 Å². The van der Waals surface area contributed by atoms with Gasteiger partial charge in [-0.1, -0.05) is 23.2 Å². The van der Waals surface area contributed by atoms with Gasteiger partial charge >= 0.3 is 0 Å². The van der Waals surface area contributed by atoms with Gasteiger partial charge in [0.2, 0.25) is 0 Å². The lowest BCUT2D eigenvalue weighted by atomic mass is 10.2. The van der Waals surface area contributed by atoms with E-state index in [-0.39, 0.29) is 5.91 Å². The number of carbonyl (C=O) groups is 1. The van der Waals surface area contributed by atoms with Crippen LogP contribution in [0.4, 0.5) is 5.69 Å². The fourth-order valence-corrected chi connectivity index (χ4v) is 2.54. The Bertz CT molecular complexity index is 741. The molecule has 6 heteroatoms. The van der Waals surface area contributed by atoms with E-state index in [9.17, 15) is 4.79 Å². The molecule has 2 rings (SSSR count). The number of rotatable bonds is 3. The minimum Gasteiger partial charge on any atom is -0.321 e. The second kappa shape index (κ2) is 6.86. The summed E-state index contributed by atoms with van der Waals surface area (Å²) in [5.41, 5.74) is 1.48. The van der Waals surface area contributed by atoms with Gasteiger partial charge in [-0.05, 0) is 42.7 Å². The molecular formula is C15H10Cl2N2OS. The average Bonchev–Trinajstić information content (AvgIpc) is 2.49. The number of benzene rings is 2. The number of carbonyl (C=O) groups excluding carboxylic acids is 1. The predicted molar refractivity (Wildman–Crippen MR) is 87.4 cm³/mol. The number of nitrogens with one attached hydrogen (secondary N) is 1. The number of anilines is 1. The molecule has 106 valence electrons. The van der Waals surface area contributed by atoms with Gasteiger partial charge in [0.15, 0.2) is 0 Å². The van der Waals surface area contributed by atoms with Crippen molar-refractivity contribution in [3.63, 3.8) is 0 Å². The maximum atomic E-state index is 12.2. The van der Waals surface area contributed by atoms with Crippen molar-refractivity contribution in [2.75, 3.05) is 11.6 Å². The molecule has 0 aromatic heterocycles. The Hall–Kier alpha value is -1.67. The number of thioether (sulfide) groups is 1. The summed E-state index contributed by atoms with van der Waals surface area (Å²) in [5, 5.41) is 12.4. The first-order valence-electron chi connectivity index (χ1n) is 5.89. The van der Waals surface area contributed by atoms with Crippen molar-refractivity contribution in [2.45, 2.75) is 4.90 Å². The third kappa shape index (κ3) is 3.70. The summed E-state index contributed by atoms with van der Waals surface area (Å²) in [4.78, 5) is 13.1. The van der Waals surface area contributed by atoms with Crippen LogP contribution < -0.4 is 5.32 Å². The molecule has 2 aromatic carbocycles. The summed E-state index contributed by atoms with van der Waals surface area (Å²) in [7, 11) is 0. The maximum Gasteiger partial charge on any atom is 0.255 e. The lowest BCUT2D eigenvalue weighted by Crippen LogP contribution is -2.12. The highest BCUT2D eigenvalue weighted by atomic mass is 35.5. The van der Waals surface area contributed by atoms with Crippen LogP contribution in [0, 0.1) is 11.3 Å². The van der Waals surface area contributed by atoms with E-state index in [1.54, 1.807) is 30.3 Å². The van der Waals surface area contributed by atoms with Gasteiger partial charge in [0, 0.05) is 10.5 Å². The molecule has 0 bridgehead atoms. The minimum atomic E-state index is -0.307. The highest BCUT2D eigenvalue weighted by Gasteiger charge is 2.11. The van der Waals surface area contributed by atoms with Crippen LogP contribution in [0.1, 0.15) is 15.9 Å². The van der Waals surface area contributed by atoms with Crippen molar-refractivity contribution >= 4 is 46.6 Å². The van der Waals surface area contributed by atoms with Crippen LogP contribution in [0.15, 0.2) is 41.3 Å². The van der Waals surface area contributed by atoms with Crippen LogP contribution in [0.25, 0.3) is 0 Å². The maximum absolute atomic E-state index is 12.2. The molecule has 0 radical (unpaired) electrons. The first-order valence-corrected chi connectivity index (χ1v) is 7.87. The van der Waals surface area contributed by atoms with Crippen molar-refractivity contribution in [1.82, 2.24) is 0 Å². The van der Waals surface area contributed by atoms with Crippen molar-refractivity contribution in [3.8, 4) is 6.07 Å². The van der Waals surface area contributed by atoms with E-state index in [1.165, 1.54) is 17.8 Å². The second-order valence-corrected chi connectivity index (χ2v) is 5.77. The molecule has 0 fully saturated rings.